The molecule has 2 N–H and O–H groups in total. The minimum Gasteiger partial charge on any atom is -0.497 e. The van der Waals surface area contributed by atoms with Crippen molar-refractivity contribution < 1.29 is 23.1 Å². The highest BCUT2D eigenvalue weighted by atomic mass is 127. The van der Waals surface area contributed by atoms with E-state index < -0.39 is 17.5 Å². The molecule has 0 saturated carbocycles. The number of allylic oxidation sites excluding steroid dienone is 1. The van der Waals surface area contributed by atoms with Crippen molar-refractivity contribution in [3.63, 3.8) is 0 Å². The number of hydroxylamine groups is 1. The summed E-state index contributed by atoms with van der Waals surface area (Å²) >= 11 is 5.14. The van der Waals surface area contributed by atoms with E-state index >= 15 is 0 Å². The van der Waals surface area contributed by atoms with Crippen LogP contribution >= 0.6 is 38.5 Å². The zero-order valence-electron chi connectivity index (χ0n) is 20.1. The summed E-state index contributed by atoms with van der Waals surface area (Å²) in [5.41, 5.74) is 5.56. The van der Waals surface area contributed by atoms with Gasteiger partial charge in [-0.2, -0.15) is 0 Å². The van der Waals surface area contributed by atoms with Gasteiger partial charge in [-0.05, 0) is 113 Å². The molecular weight excluding hydrogens is 645 g/mol. The number of ether oxygens (including phenoxy) is 1. The molecule has 0 radical (unpaired) electrons. The zero-order valence-corrected chi connectivity index (χ0v) is 23.8. The maximum Gasteiger partial charge on any atom is 0.277 e. The number of benzene rings is 3. The number of carbonyl (C=O) groups is 1. The fourth-order valence-electron chi connectivity index (χ4n) is 3.42. The molecule has 0 atom stereocenters. The Morgan fingerprint density at radius 3 is 2.64 bits per heavy atom. The summed E-state index contributed by atoms with van der Waals surface area (Å²) in [6.45, 7) is 3.94. The first-order valence-electron chi connectivity index (χ1n) is 11.1. The minimum absolute atomic E-state index is 0.0996. The van der Waals surface area contributed by atoms with Gasteiger partial charge in [0.05, 0.1) is 29.4 Å². The highest BCUT2D eigenvalue weighted by molar-refractivity contribution is 14.1. The number of aryl methyl sites for hydroxylation is 2. The molecule has 0 fully saturated rings. The SMILES string of the molecule is COc1cccc(CC/C(C)=C/CONC(=O)c2cc(Br)c(F)c(F)c2Nc2ccc(I)cc2C)c1. The van der Waals surface area contributed by atoms with Crippen LogP contribution in [-0.2, 0) is 11.3 Å². The molecule has 0 bridgehead atoms. The maximum atomic E-state index is 14.8. The van der Waals surface area contributed by atoms with Crippen molar-refractivity contribution >= 4 is 55.8 Å². The van der Waals surface area contributed by atoms with E-state index in [1.54, 1.807) is 13.2 Å². The molecular formula is C27H26BrF2IN2O3. The quantitative estimate of drug-likeness (QED) is 0.0766. The molecule has 0 aliphatic rings. The molecule has 0 unspecified atom stereocenters. The Bertz CT molecular complexity index is 1280. The summed E-state index contributed by atoms with van der Waals surface area (Å²) in [5.74, 6) is -2.15. The van der Waals surface area contributed by atoms with Crippen LogP contribution in [0, 0.1) is 22.1 Å². The van der Waals surface area contributed by atoms with E-state index in [4.69, 9.17) is 9.57 Å². The van der Waals surface area contributed by atoms with Crippen LogP contribution in [0.5, 0.6) is 5.75 Å². The molecule has 3 aromatic rings. The van der Waals surface area contributed by atoms with Crippen molar-refractivity contribution in [2.75, 3.05) is 19.0 Å². The second kappa shape index (κ2) is 13.2. The molecule has 0 spiro atoms. The van der Waals surface area contributed by atoms with Gasteiger partial charge in [0.25, 0.3) is 5.91 Å². The van der Waals surface area contributed by atoms with Gasteiger partial charge in [0, 0.05) is 9.26 Å². The van der Waals surface area contributed by atoms with Crippen LogP contribution in [0.4, 0.5) is 20.2 Å². The monoisotopic (exact) mass is 670 g/mol. The summed E-state index contributed by atoms with van der Waals surface area (Å²) in [4.78, 5) is 18.1. The van der Waals surface area contributed by atoms with E-state index in [2.05, 4.69) is 49.3 Å². The average Bonchev–Trinajstić information content (AvgIpc) is 2.86. The molecule has 190 valence electrons. The summed E-state index contributed by atoms with van der Waals surface area (Å²) in [6, 6.07) is 14.6. The maximum absolute atomic E-state index is 14.8. The first-order chi connectivity index (χ1) is 17.2. The third-order valence-electron chi connectivity index (χ3n) is 5.48. The van der Waals surface area contributed by atoms with Crippen molar-refractivity contribution in [1.29, 1.82) is 0 Å². The van der Waals surface area contributed by atoms with E-state index in [0.29, 0.717) is 5.69 Å². The van der Waals surface area contributed by atoms with Crippen LogP contribution in [0.1, 0.15) is 34.8 Å². The van der Waals surface area contributed by atoms with Gasteiger partial charge in [0.2, 0.25) is 0 Å². The predicted octanol–water partition coefficient (Wildman–Crippen LogP) is 7.63. The lowest BCUT2D eigenvalue weighted by Crippen LogP contribution is -2.25. The number of rotatable bonds is 10. The lowest BCUT2D eigenvalue weighted by atomic mass is 10.1. The summed E-state index contributed by atoms with van der Waals surface area (Å²) in [5, 5.41) is 2.86. The number of nitrogens with one attached hydrogen (secondary N) is 2. The number of hydrogen-bond donors (Lipinski definition) is 2. The Balaban J connectivity index is 1.64. The lowest BCUT2D eigenvalue weighted by molar-refractivity contribution is 0.0419. The van der Waals surface area contributed by atoms with Gasteiger partial charge in [-0.25, -0.2) is 14.3 Å². The highest BCUT2D eigenvalue weighted by Crippen LogP contribution is 2.32. The van der Waals surface area contributed by atoms with Gasteiger partial charge in [-0.15, -0.1) is 0 Å². The van der Waals surface area contributed by atoms with Crippen LogP contribution < -0.4 is 15.5 Å². The Hall–Kier alpha value is -2.50. The fourth-order valence-corrected chi connectivity index (χ4v) is 4.47. The normalized spacial score (nSPS) is 11.4. The molecule has 0 heterocycles. The summed E-state index contributed by atoms with van der Waals surface area (Å²) in [6.07, 6.45) is 3.50. The third kappa shape index (κ3) is 7.50. The summed E-state index contributed by atoms with van der Waals surface area (Å²) in [7, 11) is 1.64. The molecule has 5 nitrogen and oxygen atoms in total. The smallest absolute Gasteiger partial charge is 0.277 e. The van der Waals surface area contributed by atoms with E-state index in [-0.39, 0.29) is 22.3 Å². The third-order valence-corrected chi connectivity index (χ3v) is 6.73. The molecule has 9 heteroatoms. The number of halogens is 4. The second-order valence-corrected chi connectivity index (χ2v) is 10.2. The molecule has 3 aromatic carbocycles. The number of amides is 1. The molecule has 36 heavy (non-hydrogen) atoms. The topological polar surface area (TPSA) is 59.6 Å². The van der Waals surface area contributed by atoms with Gasteiger partial charge < -0.3 is 10.1 Å². The van der Waals surface area contributed by atoms with Crippen molar-refractivity contribution in [1.82, 2.24) is 5.48 Å². The molecule has 1 amide bonds. The van der Waals surface area contributed by atoms with Crippen molar-refractivity contribution in [3.05, 3.63) is 96.5 Å². The van der Waals surface area contributed by atoms with Gasteiger partial charge in [0.15, 0.2) is 11.6 Å². The van der Waals surface area contributed by atoms with Crippen molar-refractivity contribution in [2.45, 2.75) is 26.7 Å². The molecule has 0 saturated heterocycles. The first kappa shape index (κ1) is 28.1. The Kier molecular flexibility index (Phi) is 10.3. The lowest BCUT2D eigenvalue weighted by Gasteiger charge is -2.16. The van der Waals surface area contributed by atoms with Crippen LogP contribution in [0.2, 0.25) is 0 Å². The van der Waals surface area contributed by atoms with Gasteiger partial charge in [-0.1, -0.05) is 23.8 Å². The number of hydrogen-bond acceptors (Lipinski definition) is 4. The number of anilines is 2. The first-order valence-corrected chi connectivity index (χ1v) is 13.0. The van der Waals surface area contributed by atoms with Gasteiger partial charge in [0.1, 0.15) is 5.75 Å². The fraction of sp³-hybridized carbons (Fsp3) is 0.222. The van der Waals surface area contributed by atoms with Gasteiger partial charge in [-0.3, -0.25) is 9.63 Å². The van der Waals surface area contributed by atoms with Crippen LogP contribution in [0.15, 0.2) is 64.7 Å². The van der Waals surface area contributed by atoms with Crippen LogP contribution in [-0.4, -0.2) is 19.6 Å². The van der Waals surface area contributed by atoms with Crippen LogP contribution in [0.3, 0.4) is 0 Å². The second-order valence-electron chi connectivity index (χ2n) is 8.14. The Morgan fingerprint density at radius 2 is 1.92 bits per heavy atom. The van der Waals surface area contributed by atoms with Crippen LogP contribution in [0.25, 0.3) is 0 Å². The largest absolute Gasteiger partial charge is 0.497 e. The Morgan fingerprint density at radius 1 is 1.14 bits per heavy atom. The predicted molar refractivity (Wildman–Crippen MR) is 150 cm³/mol. The average molecular weight is 671 g/mol. The van der Waals surface area contributed by atoms with E-state index in [1.165, 1.54) is 6.07 Å². The van der Waals surface area contributed by atoms with E-state index in [0.717, 1.165) is 38.9 Å². The van der Waals surface area contributed by atoms with E-state index in [9.17, 15) is 13.6 Å². The number of carbonyl (C=O) groups excluding carboxylic acids is 1. The highest BCUT2D eigenvalue weighted by Gasteiger charge is 2.22. The molecule has 0 aromatic heterocycles. The minimum atomic E-state index is -1.17. The molecule has 0 aliphatic heterocycles. The van der Waals surface area contributed by atoms with E-state index in [1.807, 2.05) is 56.3 Å². The molecule has 3 rings (SSSR count). The zero-order chi connectivity index (χ0) is 26.2. The standard InChI is InChI=1S/C27H26BrF2IN2O3/c1-16(7-8-18-5-4-6-20(14-18)35-3)11-12-36-33-27(34)21-15-22(28)24(29)25(30)26(21)32-23-10-9-19(31)13-17(23)2/h4-6,9-11,13-15,32H,7-8,12H2,1-3H3,(H,33,34)/b16-11+. The van der Waals surface area contributed by atoms with Crippen molar-refractivity contribution in [2.24, 2.45) is 0 Å². The molecule has 0 aliphatic carbocycles. The Labute approximate surface area is 231 Å². The van der Waals surface area contributed by atoms with Crippen molar-refractivity contribution in [3.8, 4) is 5.75 Å². The van der Waals surface area contributed by atoms with Gasteiger partial charge >= 0.3 is 0 Å². The number of methoxy groups -OCH3 is 1. The summed E-state index contributed by atoms with van der Waals surface area (Å²) < 4.78 is 35.2.